The Hall–Kier alpha value is -1.53. The number of aromatic nitrogens is 4. The molecule has 3 heterocycles. The second-order valence-electron chi connectivity index (χ2n) is 6.33. The number of nitrogens with one attached hydrogen (secondary N) is 1. The molecule has 7 nitrogen and oxygen atoms in total. The molecule has 28 heavy (non-hydrogen) atoms. The Kier molecular flexibility index (Phi) is 8.83. The largest absolute Gasteiger partial charge is 0.351 e. The summed E-state index contributed by atoms with van der Waals surface area (Å²) in [7, 11) is 4.02. The van der Waals surface area contributed by atoms with E-state index in [1.54, 1.807) is 22.7 Å². The summed E-state index contributed by atoms with van der Waals surface area (Å²) < 4.78 is 1.97. The first-order valence-corrected chi connectivity index (χ1v) is 10.5. The van der Waals surface area contributed by atoms with Gasteiger partial charge in [0.15, 0.2) is 11.8 Å². The summed E-state index contributed by atoms with van der Waals surface area (Å²) in [5, 5.41) is 15.0. The molecule has 0 saturated heterocycles. The molecule has 3 aromatic rings. The van der Waals surface area contributed by atoms with Crippen LogP contribution in [0.3, 0.4) is 0 Å². The van der Waals surface area contributed by atoms with Gasteiger partial charge in [-0.3, -0.25) is 0 Å². The molecule has 0 spiro atoms. The van der Waals surface area contributed by atoms with Crippen LogP contribution in [0.15, 0.2) is 28.7 Å². The zero-order chi connectivity index (χ0) is 19.2. The molecule has 10 heteroatoms. The normalized spacial score (nSPS) is 11.4. The average Bonchev–Trinajstić information content (AvgIpc) is 3.38. The van der Waals surface area contributed by atoms with E-state index in [9.17, 15) is 0 Å². The number of hydrogen-bond donors (Lipinski definition) is 1. The molecule has 0 saturated carbocycles. The maximum Gasteiger partial charge on any atom is 0.194 e. The molecule has 1 N–H and O–H groups in total. The summed E-state index contributed by atoms with van der Waals surface area (Å²) in [4.78, 5) is 13.9. The first-order valence-electron chi connectivity index (χ1n) is 8.81. The van der Waals surface area contributed by atoms with Gasteiger partial charge >= 0.3 is 0 Å². The maximum atomic E-state index is 4.78. The highest BCUT2D eigenvalue weighted by Crippen LogP contribution is 2.12. The zero-order valence-electron chi connectivity index (χ0n) is 16.5. The average molecular weight is 531 g/mol. The van der Waals surface area contributed by atoms with Crippen molar-refractivity contribution in [1.82, 2.24) is 30.0 Å². The van der Waals surface area contributed by atoms with E-state index in [0.717, 1.165) is 42.1 Å². The van der Waals surface area contributed by atoms with Crippen LogP contribution in [-0.2, 0) is 26.6 Å². The second kappa shape index (κ2) is 10.9. The number of guanidine groups is 1. The Morgan fingerprint density at radius 1 is 1.32 bits per heavy atom. The lowest BCUT2D eigenvalue weighted by molar-refractivity contribution is 0.482. The van der Waals surface area contributed by atoms with Gasteiger partial charge in [-0.1, -0.05) is 6.07 Å². The summed E-state index contributed by atoms with van der Waals surface area (Å²) >= 11 is 3.49. The van der Waals surface area contributed by atoms with Gasteiger partial charge in [-0.15, -0.1) is 56.8 Å². The third-order valence-corrected chi connectivity index (χ3v) is 6.09. The molecule has 3 rings (SSSR count). The van der Waals surface area contributed by atoms with E-state index in [0.29, 0.717) is 6.54 Å². The highest BCUT2D eigenvalue weighted by Gasteiger charge is 2.10. The number of halogens is 1. The van der Waals surface area contributed by atoms with Crippen LogP contribution in [0.2, 0.25) is 0 Å². The molecule has 3 aromatic heterocycles. The number of thiazole rings is 1. The molecular weight excluding hydrogens is 505 g/mol. The fourth-order valence-electron chi connectivity index (χ4n) is 2.51. The summed E-state index contributed by atoms with van der Waals surface area (Å²) in [6.07, 6.45) is 2.83. The standard InChI is InChI=1S/C18H25N7S2.HI/c1-13-10-19-17(27-13)7-8-24(3)18(20-11-15-6-5-9-26-15)21-12-16-23-22-14(2)25(16)4;/h5-6,9-10H,7-8,11-12H2,1-4H3,(H,20,21);1H. The Morgan fingerprint density at radius 3 is 2.75 bits per heavy atom. The van der Waals surface area contributed by atoms with Crippen LogP contribution in [0, 0.1) is 13.8 Å². The van der Waals surface area contributed by atoms with Gasteiger partial charge in [-0.25, -0.2) is 9.98 Å². The first kappa shape index (κ1) is 22.8. The van der Waals surface area contributed by atoms with E-state index >= 15 is 0 Å². The van der Waals surface area contributed by atoms with Crippen LogP contribution in [0.4, 0.5) is 0 Å². The molecule has 0 radical (unpaired) electrons. The molecule has 0 aliphatic heterocycles. The Morgan fingerprint density at radius 2 is 2.14 bits per heavy atom. The molecule has 0 aromatic carbocycles. The van der Waals surface area contributed by atoms with E-state index in [2.05, 4.69) is 56.9 Å². The SMILES string of the molecule is Cc1cnc(CCN(C)C(=NCc2nnc(C)n2C)NCc2cccs2)s1.I. The molecule has 0 fully saturated rings. The molecule has 0 bridgehead atoms. The predicted octanol–water partition coefficient (Wildman–Crippen LogP) is 3.39. The molecule has 152 valence electrons. The van der Waals surface area contributed by atoms with Gasteiger partial charge in [0.1, 0.15) is 12.4 Å². The van der Waals surface area contributed by atoms with Crippen LogP contribution in [0.5, 0.6) is 0 Å². The molecule has 0 amide bonds. The van der Waals surface area contributed by atoms with Crippen LogP contribution in [0.1, 0.15) is 26.4 Å². The lowest BCUT2D eigenvalue weighted by Gasteiger charge is -2.22. The summed E-state index contributed by atoms with van der Waals surface area (Å²) in [6, 6.07) is 4.19. The molecular formula is C18H26IN7S2. The summed E-state index contributed by atoms with van der Waals surface area (Å²) in [5.41, 5.74) is 0. The van der Waals surface area contributed by atoms with Crippen molar-refractivity contribution in [3.05, 3.63) is 50.1 Å². The van der Waals surface area contributed by atoms with Gasteiger partial charge in [0.05, 0.1) is 11.6 Å². The van der Waals surface area contributed by atoms with Crippen molar-refractivity contribution >= 4 is 52.6 Å². The van der Waals surface area contributed by atoms with Crippen molar-refractivity contribution in [2.45, 2.75) is 33.4 Å². The highest BCUT2D eigenvalue weighted by molar-refractivity contribution is 14.0. The fourth-order valence-corrected chi connectivity index (χ4v) is 3.93. The number of nitrogens with zero attached hydrogens (tertiary/aromatic N) is 6. The van der Waals surface area contributed by atoms with Crippen LogP contribution in [0.25, 0.3) is 0 Å². The fraction of sp³-hybridized carbons (Fsp3) is 0.444. The molecule has 0 unspecified atom stereocenters. The molecule has 0 aliphatic rings. The van der Waals surface area contributed by atoms with E-state index < -0.39 is 0 Å². The van der Waals surface area contributed by atoms with Crippen molar-refractivity contribution in [2.24, 2.45) is 12.0 Å². The quantitative estimate of drug-likeness (QED) is 0.288. The van der Waals surface area contributed by atoms with Crippen molar-refractivity contribution < 1.29 is 0 Å². The summed E-state index contributed by atoms with van der Waals surface area (Å²) in [5.74, 6) is 2.60. The van der Waals surface area contributed by atoms with E-state index in [1.807, 2.05) is 24.7 Å². The molecule has 0 atom stereocenters. The van der Waals surface area contributed by atoms with Gasteiger partial charge in [-0.05, 0) is 25.3 Å². The minimum atomic E-state index is 0. The smallest absolute Gasteiger partial charge is 0.194 e. The number of thiophene rings is 1. The van der Waals surface area contributed by atoms with Gasteiger partial charge < -0.3 is 14.8 Å². The minimum absolute atomic E-state index is 0. The Labute approximate surface area is 191 Å². The number of rotatable bonds is 7. The number of aliphatic imine (C=N–C) groups is 1. The Bertz CT molecular complexity index is 886. The van der Waals surface area contributed by atoms with Crippen LogP contribution >= 0.6 is 46.7 Å². The van der Waals surface area contributed by atoms with Crippen molar-refractivity contribution in [2.75, 3.05) is 13.6 Å². The zero-order valence-corrected chi connectivity index (χ0v) is 20.5. The lowest BCUT2D eigenvalue weighted by atomic mass is 10.4. The summed E-state index contributed by atoms with van der Waals surface area (Å²) in [6.45, 7) is 6.13. The van der Waals surface area contributed by atoms with E-state index in [4.69, 9.17) is 4.99 Å². The van der Waals surface area contributed by atoms with Crippen molar-refractivity contribution in [3.8, 4) is 0 Å². The second-order valence-corrected chi connectivity index (χ2v) is 8.68. The van der Waals surface area contributed by atoms with E-state index in [1.165, 1.54) is 9.75 Å². The monoisotopic (exact) mass is 531 g/mol. The number of aryl methyl sites for hydroxylation is 2. The lowest BCUT2D eigenvalue weighted by Crippen LogP contribution is -2.39. The maximum absolute atomic E-state index is 4.78. The van der Waals surface area contributed by atoms with Crippen LogP contribution < -0.4 is 5.32 Å². The topological polar surface area (TPSA) is 71.2 Å². The highest BCUT2D eigenvalue weighted by atomic mass is 127. The van der Waals surface area contributed by atoms with Gasteiger partial charge in [-0.2, -0.15) is 0 Å². The van der Waals surface area contributed by atoms with Gasteiger partial charge in [0.2, 0.25) is 0 Å². The van der Waals surface area contributed by atoms with E-state index in [-0.39, 0.29) is 24.0 Å². The van der Waals surface area contributed by atoms with Crippen molar-refractivity contribution in [1.29, 1.82) is 0 Å². The third kappa shape index (κ3) is 6.24. The number of likely N-dealkylation sites (N-methyl/N-ethyl adjacent to an activating group) is 1. The third-order valence-electron chi connectivity index (χ3n) is 4.25. The first-order chi connectivity index (χ1) is 13.0. The minimum Gasteiger partial charge on any atom is -0.351 e. The van der Waals surface area contributed by atoms with Gasteiger partial charge in [0, 0.05) is 43.0 Å². The van der Waals surface area contributed by atoms with Gasteiger partial charge in [0.25, 0.3) is 0 Å². The molecule has 0 aliphatic carbocycles. The number of hydrogen-bond acceptors (Lipinski definition) is 6. The predicted molar refractivity (Wildman–Crippen MR) is 127 cm³/mol. The Balaban J connectivity index is 0.00000280. The van der Waals surface area contributed by atoms with Crippen molar-refractivity contribution in [3.63, 3.8) is 0 Å². The van der Waals surface area contributed by atoms with Crippen LogP contribution in [-0.4, -0.2) is 44.2 Å².